The number of carbonyl (C=O) groups excluding carboxylic acids is 2. The average molecular weight is 416 g/mol. The minimum Gasteiger partial charge on any atom is -0.497 e. The molecule has 0 aliphatic carbocycles. The van der Waals surface area contributed by atoms with Gasteiger partial charge in [-0.15, -0.1) is 0 Å². The topological polar surface area (TPSA) is 71.1 Å². The molecule has 0 N–H and O–H groups in total. The lowest BCUT2D eigenvalue weighted by atomic mass is 10.1. The van der Waals surface area contributed by atoms with Crippen molar-refractivity contribution in [1.29, 1.82) is 0 Å². The number of allylic oxidation sites excluding steroid dienone is 1. The molecule has 0 aromatic heterocycles. The molecule has 4 rings (SSSR count). The highest BCUT2D eigenvalue weighted by molar-refractivity contribution is 6.14. The largest absolute Gasteiger partial charge is 0.497 e. The molecular formula is C25H20O6. The number of hydrogen-bond donors (Lipinski definition) is 0. The molecule has 0 saturated carbocycles. The van der Waals surface area contributed by atoms with Gasteiger partial charge in [0.05, 0.1) is 19.8 Å². The van der Waals surface area contributed by atoms with Crippen molar-refractivity contribution in [3.8, 4) is 23.0 Å². The first-order valence-corrected chi connectivity index (χ1v) is 9.60. The molecule has 0 bridgehead atoms. The highest BCUT2D eigenvalue weighted by Crippen LogP contribution is 2.35. The van der Waals surface area contributed by atoms with E-state index in [1.165, 1.54) is 0 Å². The lowest BCUT2D eigenvalue weighted by Gasteiger charge is -2.07. The third-order valence-electron chi connectivity index (χ3n) is 4.84. The molecule has 6 heteroatoms. The Kier molecular flexibility index (Phi) is 5.71. The van der Waals surface area contributed by atoms with Gasteiger partial charge in [-0.2, -0.15) is 0 Å². The Morgan fingerprint density at radius 2 is 1.48 bits per heavy atom. The van der Waals surface area contributed by atoms with E-state index < -0.39 is 0 Å². The first kappa shape index (κ1) is 20.2. The van der Waals surface area contributed by atoms with Crippen LogP contribution in [0.2, 0.25) is 0 Å². The number of Topliss-reactive ketones (excluding diaryl/α,β-unsaturated/α-hetero) is 2. The third kappa shape index (κ3) is 4.43. The van der Waals surface area contributed by atoms with Crippen LogP contribution >= 0.6 is 0 Å². The van der Waals surface area contributed by atoms with Crippen molar-refractivity contribution in [3.05, 3.63) is 89.2 Å². The van der Waals surface area contributed by atoms with Crippen molar-refractivity contribution in [2.24, 2.45) is 0 Å². The second kappa shape index (κ2) is 8.75. The summed E-state index contributed by atoms with van der Waals surface area (Å²) < 4.78 is 21.6. The van der Waals surface area contributed by atoms with Gasteiger partial charge in [0.15, 0.2) is 18.1 Å². The van der Waals surface area contributed by atoms with E-state index in [9.17, 15) is 9.59 Å². The van der Waals surface area contributed by atoms with Crippen molar-refractivity contribution in [2.75, 3.05) is 20.8 Å². The van der Waals surface area contributed by atoms with Crippen LogP contribution in [0.1, 0.15) is 26.3 Å². The fourth-order valence-electron chi connectivity index (χ4n) is 3.12. The summed E-state index contributed by atoms with van der Waals surface area (Å²) in [5.41, 5.74) is 1.80. The smallest absolute Gasteiger partial charge is 0.231 e. The standard InChI is InChI=1S/C25H20O6/c1-28-18-7-3-16(4-8-18)13-24-25(27)21-12-11-20(14-23(21)31-24)30-15-22(26)17-5-9-19(29-2)10-6-17/h3-14H,15H2,1-2H3/b24-13-. The quantitative estimate of drug-likeness (QED) is 0.415. The zero-order valence-corrected chi connectivity index (χ0v) is 17.1. The van der Waals surface area contributed by atoms with Gasteiger partial charge in [-0.3, -0.25) is 9.59 Å². The number of methoxy groups -OCH3 is 2. The number of hydrogen-bond acceptors (Lipinski definition) is 6. The van der Waals surface area contributed by atoms with Crippen LogP contribution in [0.4, 0.5) is 0 Å². The molecule has 0 spiro atoms. The van der Waals surface area contributed by atoms with Gasteiger partial charge in [-0.25, -0.2) is 0 Å². The van der Waals surface area contributed by atoms with Crippen molar-refractivity contribution in [3.63, 3.8) is 0 Å². The van der Waals surface area contributed by atoms with E-state index in [2.05, 4.69) is 0 Å². The Balaban J connectivity index is 1.43. The van der Waals surface area contributed by atoms with Crippen LogP contribution in [-0.2, 0) is 0 Å². The maximum absolute atomic E-state index is 12.6. The maximum atomic E-state index is 12.6. The van der Waals surface area contributed by atoms with Crippen molar-refractivity contribution in [2.45, 2.75) is 0 Å². The van der Waals surface area contributed by atoms with Gasteiger partial charge in [0.1, 0.15) is 23.0 Å². The molecular weight excluding hydrogens is 396 g/mol. The van der Waals surface area contributed by atoms with E-state index in [1.54, 1.807) is 62.8 Å². The molecule has 3 aromatic rings. The summed E-state index contributed by atoms with van der Waals surface area (Å²) in [7, 11) is 3.16. The van der Waals surface area contributed by atoms with E-state index in [4.69, 9.17) is 18.9 Å². The number of rotatable bonds is 7. The van der Waals surface area contributed by atoms with Gasteiger partial charge >= 0.3 is 0 Å². The van der Waals surface area contributed by atoms with Crippen LogP contribution in [0.15, 0.2) is 72.5 Å². The summed E-state index contributed by atoms with van der Waals surface area (Å²) >= 11 is 0. The van der Waals surface area contributed by atoms with Crippen molar-refractivity contribution >= 4 is 17.6 Å². The number of fused-ring (bicyclic) bond motifs is 1. The van der Waals surface area contributed by atoms with Crippen LogP contribution < -0.4 is 18.9 Å². The summed E-state index contributed by atoms with van der Waals surface area (Å²) in [6.07, 6.45) is 1.68. The van der Waals surface area contributed by atoms with E-state index in [0.717, 1.165) is 11.3 Å². The van der Waals surface area contributed by atoms with Gasteiger partial charge in [0, 0.05) is 11.6 Å². The minimum atomic E-state index is -0.202. The summed E-state index contributed by atoms with van der Waals surface area (Å²) in [6, 6.07) is 19.0. The number of ketones is 2. The molecule has 0 atom stereocenters. The Morgan fingerprint density at radius 1 is 0.871 bits per heavy atom. The monoisotopic (exact) mass is 416 g/mol. The highest BCUT2D eigenvalue weighted by Gasteiger charge is 2.27. The normalized spacial score (nSPS) is 13.5. The lowest BCUT2D eigenvalue weighted by Crippen LogP contribution is -2.11. The highest BCUT2D eigenvalue weighted by atomic mass is 16.5. The Labute approximate surface area is 179 Å². The molecule has 6 nitrogen and oxygen atoms in total. The number of benzene rings is 3. The predicted octanol–water partition coefficient (Wildman–Crippen LogP) is 4.58. The van der Waals surface area contributed by atoms with Gasteiger partial charge in [0.25, 0.3) is 0 Å². The number of carbonyl (C=O) groups is 2. The second-order valence-electron chi connectivity index (χ2n) is 6.81. The van der Waals surface area contributed by atoms with E-state index in [0.29, 0.717) is 28.4 Å². The molecule has 1 aliphatic rings. The number of ether oxygens (including phenoxy) is 4. The zero-order chi connectivity index (χ0) is 21.8. The first-order valence-electron chi connectivity index (χ1n) is 9.60. The summed E-state index contributed by atoms with van der Waals surface area (Å²) in [5.74, 6) is 2.11. The van der Waals surface area contributed by atoms with Gasteiger partial charge in [-0.05, 0) is 60.2 Å². The molecule has 0 radical (unpaired) electrons. The zero-order valence-electron chi connectivity index (χ0n) is 17.1. The van der Waals surface area contributed by atoms with Gasteiger partial charge in [0.2, 0.25) is 5.78 Å². The van der Waals surface area contributed by atoms with E-state index >= 15 is 0 Å². The Bertz CT molecular complexity index is 1140. The fraction of sp³-hybridized carbons (Fsp3) is 0.120. The van der Waals surface area contributed by atoms with E-state index in [1.807, 2.05) is 24.3 Å². The van der Waals surface area contributed by atoms with Crippen LogP contribution in [0, 0.1) is 0 Å². The van der Waals surface area contributed by atoms with E-state index in [-0.39, 0.29) is 23.9 Å². The van der Waals surface area contributed by atoms with Crippen LogP contribution in [0.25, 0.3) is 6.08 Å². The van der Waals surface area contributed by atoms with Gasteiger partial charge < -0.3 is 18.9 Å². The predicted molar refractivity (Wildman–Crippen MR) is 115 cm³/mol. The molecule has 0 amide bonds. The second-order valence-corrected chi connectivity index (χ2v) is 6.81. The minimum absolute atomic E-state index is 0.131. The molecule has 31 heavy (non-hydrogen) atoms. The summed E-state index contributed by atoms with van der Waals surface area (Å²) in [5, 5.41) is 0. The Hall–Kier alpha value is -4.06. The third-order valence-corrected chi connectivity index (χ3v) is 4.84. The molecule has 156 valence electrons. The van der Waals surface area contributed by atoms with Crippen LogP contribution in [-0.4, -0.2) is 32.4 Å². The molecule has 0 fully saturated rings. The molecule has 3 aromatic carbocycles. The van der Waals surface area contributed by atoms with Gasteiger partial charge in [-0.1, -0.05) is 12.1 Å². The molecule has 0 unspecified atom stereocenters. The summed E-state index contributed by atoms with van der Waals surface area (Å²) in [6.45, 7) is -0.131. The SMILES string of the molecule is COc1ccc(/C=C2\Oc3cc(OCC(=O)c4ccc(OC)cc4)ccc3C2=O)cc1. The lowest BCUT2D eigenvalue weighted by molar-refractivity contribution is 0.0920. The van der Waals surface area contributed by atoms with Crippen molar-refractivity contribution in [1.82, 2.24) is 0 Å². The molecule has 1 aliphatic heterocycles. The average Bonchev–Trinajstić information content (AvgIpc) is 3.12. The molecule has 1 heterocycles. The Morgan fingerprint density at radius 3 is 2.13 bits per heavy atom. The van der Waals surface area contributed by atoms with Crippen LogP contribution in [0.5, 0.6) is 23.0 Å². The van der Waals surface area contributed by atoms with Crippen molar-refractivity contribution < 1.29 is 28.5 Å². The molecule has 0 saturated heterocycles. The fourth-order valence-corrected chi connectivity index (χ4v) is 3.12. The first-order chi connectivity index (χ1) is 15.1. The maximum Gasteiger partial charge on any atom is 0.231 e. The summed E-state index contributed by atoms with van der Waals surface area (Å²) in [4.78, 5) is 25.0. The van der Waals surface area contributed by atoms with Crippen LogP contribution in [0.3, 0.4) is 0 Å².